The fourth-order valence-electron chi connectivity index (χ4n) is 2.81. The Kier molecular flexibility index (Phi) is 8.64. The maximum absolute atomic E-state index is 14.5. The lowest BCUT2D eigenvalue weighted by molar-refractivity contribution is -0.143. The highest BCUT2D eigenvalue weighted by Gasteiger charge is 2.24. The Labute approximate surface area is 181 Å². The zero-order valence-corrected chi connectivity index (χ0v) is 18.5. The van der Waals surface area contributed by atoms with Gasteiger partial charge in [-0.2, -0.15) is 0 Å². The van der Waals surface area contributed by atoms with Gasteiger partial charge in [0.15, 0.2) is 0 Å². The van der Waals surface area contributed by atoms with Crippen molar-refractivity contribution in [2.75, 3.05) is 13.2 Å². The summed E-state index contributed by atoms with van der Waals surface area (Å²) < 4.78 is 46.7. The number of sulfonamides is 1. The van der Waals surface area contributed by atoms with Crippen molar-refractivity contribution in [1.29, 1.82) is 0 Å². The molecule has 0 aliphatic carbocycles. The van der Waals surface area contributed by atoms with Gasteiger partial charge in [0, 0.05) is 31.5 Å². The van der Waals surface area contributed by atoms with Gasteiger partial charge in [0.25, 0.3) is 5.91 Å². The highest BCUT2D eigenvalue weighted by molar-refractivity contribution is 7.89. The van der Waals surface area contributed by atoms with E-state index in [1.165, 1.54) is 4.90 Å². The maximum Gasteiger partial charge on any atom is 0.307 e. The lowest BCUT2D eigenvalue weighted by Gasteiger charge is -2.23. The largest absolute Gasteiger partial charge is 0.466 e. The van der Waals surface area contributed by atoms with Gasteiger partial charge in [-0.05, 0) is 50.6 Å². The number of amides is 1. The van der Waals surface area contributed by atoms with E-state index in [4.69, 9.17) is 4.74 Å². The van der Waals surface area contributed by atoms with E-state index in [1.54, 1.807) is 45.3 Å². The number of hydrogen-bond donors (Lipinski definition) is 1. The zero-order valence-electron chi connectivity index (χ0n) is 17.7. The van der Waals surface area contributed by atoms with Crippen LogP contribution in [0.2, 0.25) is 0 Å². The molecule has 0 radical (unpaired) electrons. The number of esters is 1. The fraction of sp³-hybridized carbons (Fsp3) is 0.381. The number of pyridine rings is 1. The van der Waals surface area contributed by atoms with Crippen LogP contribution in [0.15, 0.2) is 47.6 Å². The molecule has 2 aromatic rings. The molecule has 1 heterocycles. The fourth-order valence-corrected chi connectivity index (χ4v) is 4.08. The lowest BCUT2D eigenvalue weighted by atomic mass is 10.1. The number of carbonyl (C=O) groups is 2. The smallest absolute Gasteiger partial charge is 0.307 e. The highest BCUT2D eigenvalue weighted by Crippen LogP contribution is 2.19. The van der Waals surface area contributed by atoms with Crippen molar-refractivity contribution in [3.63, 3.8) is 0 Å². The summed E-state index contributed by atoms with van der Waals surface area (Å²) in [6.07, 6.45) is 3.03. The van der Waals surface area contributed by atoms with Gasteiger partial charge in [-0.25, -0.2) is 17.5 Å². The van der Waals surface area contributed by atoms with Crippen molar-refractivity contribution < 1.29 is 27.1 Å². The molecule has 0 spiro atoms. The molecule has 31 heavy (non-hydrogen) atoms. The number of halogens is 1. The van der Waals surface area contributed by atoms with Gasteiger partial charge in [-0.15, -0.1) is 0 Å². The number of benzene rings is 1. The quantitative estimate of drug-likeness (QED) is 0.557. The van der Waals surface area contributed by atoms with E-state index in [9.17, 15) is 22.4 Å². The summed E-state index contributed by atoms with van der Waals surface area (Å²) in [6, 6.07) is 6.09. The lowest BCUT2D eigenvalue weighted by Crippen LogP contribution is -2.34. The Morgan fingerprint density at radius 3 is 2.61 bits per heavy atom. The molecule has 1 aromatic heterocycles. The summed E-state index contributed by atoms with van der Waals surface area (Å²) in [5, 5.41) is 0. The van der Waals surface area contributed by atoms with Crippen LogP contribution >= 0.6 is 0 Å². The second-order valence-corrected chi connectivity index (χ2v) is 8.77. The normalized spacial score (nSPS) is 11.4. The van der Waals surface area contributed by atoms with Gasteiger partial charge in [-0.1, -0.05) is 6.07 Å². The van der Waals surface area contributed by atoms with Crippen LogP contribution in [0.5, 0.6) is 0 Å². The molecule has 0 atom stereocenters. The minimum absolute atomic E-state index is 0.0345. The Morgan fingerprint density at radius 2 is 2.00 bits per heavy atom. The van der Waals surface area contributed by atoms with Crippen LogP contribution in [0.25, 0.3) is 0 Å². The number of carbonyl (C=O) groups excluding carboxylic acids is 2. The molecule has 0 saturated carbocycles. The molecule has 1 N–H and O–H groups in total. The first-order chi connectivity index (χ1) is 14.6. The Morgan fingerprint density at radius 1 is 1.26 bits per heavy atom. The van der Waals surface area contributed by atoms with E-state index in [-0.39, 0.29) is 37.1 Å². The first kappa shape index (κ1) is 24.4. The third-order valence-corrected chi connectivity index (χ3v) is 5.80. The Bertz CT molecular complexity index is 1010. The summed E-state index contributed by atoms with van der Waals surface area (Å²) in [4.78, 5) is 30.0. The van der Waals surface area contributed by atoms with E-state index in [0.29, 0.717) is 5.56 Å². The van der Waals surface area contributed by atoms with E-state index >= 15 is 0 Å². The number of hydrogen-bond acceptors (Lipinski definition) is 6. The van der Waals surface area contributed by atoms with Gasteiger partial charge in [0.1, 0.15) is 5.82 Å². The Hall–Kier alpha value is -2.85. The molecule has 0 aliphatic rings. The summed E-state index contributed by atoms with van der Waals surface area (Å²) in [5.74, 6) is -2.10. The number of nitrogens with zero attached hydrogens (tertiary/aromatic N) is 2. The van der Waals surface area contributed by atoms with Crippen LogP contribution in [0.3, 0.4) is 0 Å². The minimum Gasteiger partial charge on any atom is -0.466 e. The SMILES string of the molecule is CCOC(=O)CCN(Cc1cccnc1)C(=O)c1cc(S(=O)(=O)NC(C)C)ccc1F. The maximum atomic E-state index is 14.5. The molecular weight excluding hydrogens is 425 g/mol. The number of ether oxygens (including phenoxy) is 1. The molecule has 0 bridgehead atoms. The van der Waals surface area contributed by atoms with Crippen molar-refractivity contribution in [2.45, 2.75) is 44.7 Å². The molecule has 10 heteroatoms. The molecule has 0 unspecified atom stereocenters. The van der Waals surface area contributed by atoms with Crippen molar-refractivity contribution in [2.24, 2.45) is 0 Å². The number of nitrogens with one attached hydrogen (secondary N) is 1. The van der Waals surface area contributed by atoms with Gasteiger partial charge in [0.2, 0.25) is 10.0 Å². The van der Waals surface area contributed by atoms with Crippen LogP contribution in [-0.2, 0) is 26.1 Å². The van der Waals surface area contributed by atoms with Crippen LogP contribution in [-0.4, -0.2) is 49.4 Å². The molecule has 0 saturated heterocycles. The first-order valence-electron chi connectivity index (χ1n) is 9.79. The summed E-state index contributed by atoms with van der Waals surface area (Å²) >= 11 is 0. The summed E-state index contributed by atoms with van der Waals surface area (Å²) in [6.45, 7) is 5.20. The average Bonchev–Trinajstić information content (AvgIpc) is 2.71. The van der Waals surface area contributed by atoms with E-state index in [1.807, 2.05) is 0 Å². The zero-order chi connectivity index (χ0) is 23.0. The third kappa shape index (κ3) is 7.11. The summed E-state index contributed by atoms with van der Waals surface area (Å²) in [5.41, 5.74) is 0.268. The van der Waals surface area contributed by atoms with Crippen LogP contribution in [0.1, 0.15) is 43.1 Å². The van der Waals surface area contributed by atoms with E-state index in [0.717, 1.165) is 18.2 Å². The van der Waals surface area contributed by atoms with Gasteiger partial charge in [-0.3, -0.25) is 14.6 Å². The minimum atomic E-state index is -3.92. The predicted molar refractivity (Wildman–Crippen MR) is 112 cm³/mol. The van der Waals surface area contributed by atoms with Crippen molar-refractivity contribution >= 4 is 21.9 Å². The van der Waals surface area contributed by atoms with Crippen LogP contribution < -0.4 is 4.72 Å². The molecule has 168 valence electrons. The molecule has 8 nitrogen and oxygen atoms in total. The van der Waals surface area contributed by atoms with Gasteiger partial charge < -0.3 is 9.64 Å². The molecule has 2 rings (SSSR count). The highest BCUT2D eigenvalue weighted by atomic mass is 32.2. The number of rotatable bonds is 10. The van der Waals surface area contributed by atoms with Crippen LogP contribution in [0.4, 0.5) is 4.39 Å². The molecule has 0 aliphatic heterocycles. The topological polar surface area (TPSA) is 106 Å². The second-order valence-electron chi connectivity index (χ2n) is 7.06. The second kappa shape index (κ2) is 11.0. The monoisotopic (exact) mass is 451 g/mol. The number of aromatic nitrogens is 1. The van der Waals surface area contributed by atoms with Crippen molar-refractivity contribution in [3.05, 3.63) is 59.7 Å². The first-order valence-corrected chi connectivity index (χ1v) is 11.3. The predicted octanol–water partition coefficient (Wildman–Crippen LogP) is 2.50. The standard InChI is InChI=1S/C21H26FN3O5S/c1-4-30-20(26)9-11-25(14-16-6-5-10-23-13-16)21(27)18-12-17(7-8-19(18)22)31(28,29)24-15(2)3/h5-8,10,12-13,15,24H,4,9,11,14H2,1-3H3. The Balaban J connectivity index is 2.36. The molecule has 1 amide bonds. The average molecular weight is 452 g/mol. The van der Waals surface area contributed by atoms with Crippen LogP contribution in [0, 0.1) is 5.82 Å². The molecular formula is C21H26FN3O5S. The molecule has 0 fully saturated rings. The van der Waals surface area contributed by atoms with Gasteiger partial charge >= 0.3 is 5.97 Å². The third-order valence-electron chi connectivity index (χ3n) is 4.14. The van der Waals surface area contributed by atoms with Gasteiger partial charge in [0.05, 0.1) is 23.5 Å². The van der Waals surface area contributed by atoms with E-state index < -0.39 is 33.3 Å². The molecule has 1 aromatic carbocycles. The van der Waals surface area contributed by atoms with Crippen molar-refractivity contribution in [3.8, 4) is 0 Å². The summed E-state index contributed by atoms with van der Waals surface area (Å²) in [7, 11) is -3.92. The van der Waals surface area contributed by atoms with Crippen molar-refractivity contribution in [1.82, 2.24) is 14.6 Å². The van der Waals surface area contributed by atoms with E-state index in [2.05, 4.69) is 9.71 Å².